The lowest BCUT2D eigenvalue weighted by atomic mass is 9.99. The maximum atomic E-state index is 5.22. The molecule has 0 unspecified atom stereocenters. The summed E-state index contributed by atoms with van der Waals surface area (Å²) in [6.45, 7) is 0. The third-order valence-corrected chi connectivity index (χ3v) is 8.80. The number of hydrogen-bond acceptors (Lipinski definition) is 2. The molecule has 0 aliphatic carbocycles. The Bertz CT molecular complexity index is 2660. The lowest BCUT2D eigenvalue weighted by Gasteiger charge is -2.09. The molecule has 0 bridgehead atoms. The van der Waals surface area contributed by atoms with E-state index in [1.807, 2.05) is 12.1 Å². The van der Waals surface area contributed by atoms with E-state index < -0.39 is 0 Å². The molecular weight excluding hydrogens is 512 g/mol. The summed E-state index contributed by atoms with van der Waals surface area (Å²) in [5.74, 6) is 0. The third-order valence-electron chi connectivity index (χ3n) is 8.80. The SMILES string of the molecule is c1ccc(-c2cc3c4nc5ccccc5nc4n4c5ccc6c7ccccc7n(-c7ccccc7)c6c5c(c2)c34)cc1. The fraction of sp³-hybridized carbons (Fsp3) is 0. The van der Waals surface area contributed by atoms with Crippen LogP contribution in [0.1, 0.15) is 0 Å². The summed E-state index contributed by atoms with van der Waals surface area (Å²) in [5.41, 5.74) is 11.9. The molecule has 0 fully saturated rings. The minimum absolute atomic E-state index is 0.899. The predicted molar refractivity (Wildman–Crippen MR) is 174 cm³/mol. The first-order valence-electron chi connectivity index (χ1n) is 14.3. The Kier molecular flexibility index (Phi) is 4.15. The van der Waals surface area contributed by atoms with Gasteiger partial charge in [-0.15, -0.1) is 0 Å². The minimum atomic E-state index is 0.899. The second-order valence-corrected chi connectivity index (χ2v) is 11.0. The molecule has 194 valence electrons. The first-order valence-corrected chi connectivity index (χ1v) is 14.3. The molecule has 0 saturated carbocycles. The van der Waals surface area contributed by atoms with Crippen molar-refractivity contribution in [1.82, 2.24) is 18.9 Å². The molecule has 42 heavy (non-hydrogen) atoms. The second-order valence-electron chi connectivity index (χ2n) is 11.0. The summed E-state index contributed by atoms with van der Waals surface area (Å²) in [7, 11) is 0. The van der Waals surface area contributed by atoms with Crippen molar-refractivity contribution in [3.63, 3.8) is 0 Å². The Morgan fingerprint density at radius 3 is 1.98 bits per heavy atom. The van der Waals surface area contributed by atoms with Crippen LogP contribution in [0.15, 0.2) is 133 Å². The van der Waals surface area contributed by atoms with Gasteiger partial charge in [-0.2, -0.15) is 0 Å². The van der Waals surface area contributed by atoms with Crippen LogP contribution in [0.4, 0.5) is 0 Å². The molecule has 4 heterocycles. The van der Waals surface area contributed by atoms with Gasteiger partial charge in [-0.25, -0.2) is 9.97 Å². The molecule has 0 N–H and O–H groups in total. The van der Waals surface area contributed by atoms with E-state index in [0.717, 1.165) is 38.8 Å². The molecule has 0 atom stereocenters. The number of benzene rings is 6. The van der Waals surface area contributed by atoms with Crippen molar-refractivity contribution in [2.45, 2.75) is 0 Å². The smallest absolute Gasteiger partial charge is 0.165 e. The van der Waals surface area contributed by atoms with E-state index in [1.165, 1.54) is 49.2 Å². The average Bonchev–Trinajstić information content (AvgIpc) is 3.68. The quantitative estimate of drug-likeness (QED) is 0.221. The van der Waals surface area contributed by atoms with Crippen molar-refractivity contribution in [2.24, 2.45) is 0 Å². The molecule has 10 rings (SSSR count). The number of fused-ring (bicyclic) bond motifs is 11. The zero-order valence-corrected chi connectivity index (χ0v) is 22.5. The van der Waals surface area contributed by atoms with E-state index in [1.54, 1.807) is 0 Å². The van der Waals surface area contributed by atoms with Crippen molar-refractivity contribution < 1.29 is 0 Å². The summed E-state index contributed by atoms with van der Waals surface area (Å²) in [6.07, 6.45) is 0. The Morgan fingerprint density at radius 2 is 1.14 bits per heavy atom. The number of para-hydroxylation sites is 4. The summed E-state index contributed by atoms with van der Waals surface area (Å²) >= 11 is 0. The largest absolute Gasteiger partial charge is 0.309 e. The Hall–Kier alpha value is -5.74. The van der Waals surface area contributed by atoms with Gasteiger partial charge in [-0.05, 0) is 59.7 Å². The van der Waals surface area contributed by atoms with E-state index in [2.05, 4.69) is 130 Å². The Labute approximate surface area is 240 Å². The van der Waals surface area contributed by atoms with Crippen LogP contribution in [0.5, 0.6) is 0 Å². The highest BCUT2D eigenvalue weighted by molar-refractivity contribution is 6.31. The van der Waals surface area contributed by atoms with Gasteiger partial charge in [0.15, 0.2) is 5.65 Å². The van der Waals surface area contributed by atoms with Gasteiger partial charge in [0.05, 0.1) is 33.1 Å². The summed E-state index contributed by atoms with van der Waals surface area (Å²) < 4.78 is 4.77. The van der Waals surface area contributed by atoms with Crippen molar-refractivity contribution in [1.29, 1.82) is 0 Å². The van der Waals surface area contributed by atoms with Crippen molar-refractivity contribution in [3.8, 4) is 16.8 Å². The zero-order valence-electron chi connectivity index (χ0n) is 22.5. The van der Waals surface area contributed by atoms with E-state index in [-0.39, 0.29) is 0 Å². The van der Waals surface area contributed by atoms with E-state index in [0.29, 0.717) is 0 Å². The van der Waals surface area contributed by atoms with E-state index in [4.69, 9.17) is 9.97 Å². The maximum absolute atomic E-state index is 5.22. The van der Waals surface area contributed by atoms with Gasteiger partial charge in [0.1, 0.15) is 5.52 Å². The molecule has 0 spiro atoms. The van der Waals surface area contributed by atoms with Crippen LogP contribution in [0, 0.1) is 0 Å². The summed E-state index contributed by atoms with van der Waals surface area (Å²) in [4.78, 5) is 10.4. The fourth-order valence-electron chi connectivity index (χ4n) is 7.06. The minimum Gasteiger partial charge on any atom is -0.309 e. The number of nitrogens with zero attached hydrogens (tertiary/aromatic N) is 4. The number of hydrogen-bond donors (Lipinski definition) is 0. The highest BCUT2D eigenvalue weighted by atomic mass is 15.0. The third kappa shape index (κ3) is 2.76. The van der Waals surface area contributed by atoms with Crippen molar-refractivity contribution in [3.05, 3.63) is 133 Å². The molecule has 0 aliphatic rings. The van der Waals surface area contributed by atoms with E-state index in [9.17, 15) is 0 Å². The van der Waals surface area contributed by atoms with Gasteiger partial charge < -0.3 is 4.57 Å². The maximum Gasteiger partial charge on any atom is 0.165 e. The molecule has 0 aliphatic heterocycles. The lowest BCUT2D eigenvalue weighted by Crippen LogP contribution is -1.94. The van der Waals surface area contributed by atoms with Gasteiger partial charge >= 0.3 is 0 Å². The van der Waals surface area contributed by atoms with Crippen LogP contribution in [0.3, 0.4) is 0 Å². The van der Waals surface area contributed by atoms with Gasteiger partial charge in [0.2, 0.25) is 0 Å². The van der Waals surface area contributed by atoms with Crippen molar-refractivity contribution in [2.75, 3.05) is 0 Å². The van der Waals surface area contributed by atoms with Gasteiger partial charge in [-0.3, -0.25) is 4.40 Å². The fourth-order valence-corrected chi connectivity index (χ4v) is 7.06. The topological polar surface area (TPSA) is 35.1 Å². The molecule has 4 aromatic heterocycles. The molecule has 10 aromatic rings. The standard InChI is InChI=1S/C38H22N4/c1-3-11-23(12-4-1)24-21-28-34-33(42-36(28)29(22-24)35-38(42)40-31-17-9-8-16-30(31)39-35)20-19-27-26-15-7-10-18-32(26)41(37(27)34)25-13-5-2-6-14-25/h1-22H. The monoisotopic (exact) mass is 534 g/mol. The van der Waals surface area contributed by atoms with Gasteiger partial charge in [-0.1, -0.05) is 84.9 Å². The molecule has 4 nitrogen and oxygen atoms in total. The molecule has 0 radical (unpaired) electrons. The highest BCUT2D eigenvalue weighted by Gasteiger charge is 2.25. The molecule has 6 aromatic carbocycles. The second kappa shape index (κ2) is 7.93. The average molecular weight is 535 g/mol. The summed E-state index contributed by atoms with van der Waals surface area (Å²) in [5, 5.41) is 6.09. The van der Waals surface area contributed by atoms with Crippen LogP contribution in [-0.4, -0.2) is 18.9 Å². The van der Waals surface area contributed by atoms with Crippen LogP contribution in [-0.2, 0) is 0 Å². The van der Waals surface area contributed by atoms with Crippen LogP contribution in [0.2, 0.25) is 0 Å². The summed E-state index contributed by atoms with van der Waals surface area (Å²) in [6, 6.07) is 47.5. The van der Waals surface area contributed by atoms with Crippen LogP contribution >= 0.6 is 0 Å². The normalized spacial score (nSPS) is 12.3. The molecule has 0 saturated heterocycles. The van der Waals surface area contributed by atoms with Gasteiger partial charge in [0.25, 0.3) is 0 Å². The Balaban J connectivity index is 1.50. The van der Waals surface area contributed by atoms with Crippen molar-refractivity contribution >= 4 is 71.2 Å². The number of rotatable bonds is 2. The highest BCUT2D eigenvalue weighted by Crippen LogP contribution is 2.45. The first kappa shape index (κ1) is 22.0. The Morgan fingerprint density at radius 1 is 0.452 bits per heavy atom. The molecular formula is C38H22N4. The number of aromatic nitrogens is 4. The first-order chi connectivity index (χ1) is 20.8. The predicted octanol–water partition coefficient (Wildman–Crippen LogP) is 9.54. The molecule has 4 heteroatoms. The lowest BCUT2D eigenvalue weighted by molar-refractivity contribution is 1.19. The van der Waals surface area contributed by atoms with E-state index >= 15 is 0 Å². The van der Waals surface area contributed by atoms with Crippen LogP contribution < -0.4 is 0 Å². The molecule has 0 amide bonds. The zero-order chi connectivity index (χ0) is 27.4. The van der Waals surface area contributed by atoms with Gasteiger partial charge in [0, 0.05) is 32.6 Å². The van der Waals surface area contributed by atoms with Crippen LogP contribution in [0.25, 0.3) is 88.0 Å².